The fourth-order valence-electron chi connectivity index (χ4n) is 4.87. The molecule has 1 aliphatic heterocycles. The first-order valence-corrected chi connectivity index (χ1v) is 13.3. The van der Waals surface area contributed by atoms with Crippen molar-refractivity contribution in [2.45, 2.75) is 37.6 Å². The van der Waals surface area contributed by atoms with Gasteiger partial charge in [-0.2, -0.15) is 10.1 Å². The zero-order chi connectivity index (χ0) is 25.9. The summed E-state index contributed by atoms with van der Waals surface area (Å²) in [6.07, 6.45) is 4.87. The van der Waals surface area contributed by atoms with Gasteiger partial charge in [-0.05, 0) is 68.6 Å². The number of H-pyrrole nitrogens is 1. The molecule has 3 heterocycles. The maximum absolute atomic E-state index is 13.4. The number of hydrogen-bond acceptors (Lipinski definition) is 8. The van der Waals surface area contributed by atoms with Gasteiger partial charge in [-0.3, -0.25) is 10.00 Å². The molecule has 9 nitrogen and oxygen atoms in total. The molecule has 0 unspecified atom stereocenters. The van der Waals surface area contributed by atoms with Crippen molar-refractivity contribution in [1.29, 1.82) is 0 Å². The highest BCUT2D eigenvalue weighted by molar-refractivity contribution is 5.92. The molecule has 0 amide bonds. The number of anilines is 3. The number of aromatic amines is 1. The Morgan fingerprint density at radius 3 is 2.66 bits per heavy atom. The molecule has 10 heteroatoms. The molecule has 0 bridgehead atoms. The summed E-state index contributed by atoms with van der Waals surface area (Å²) in [7, 11) is 0. The van der Waals surface area contributed by atoms with Crippen LogP contribution in [0.25, 0.3) is 10.9 Å². The van der Waals surface area contributed by atoms with Gasteiger partial charge in [0.05, 0.1) is 18.2 Å². The monoisotopic (exact) mass is 517 g/mol. The smallest absolute Gasteiger partial charge is 0.225 e. The van der Waals surface area contributed by atoms with Gasteiger partial charge < -0.3 is 20.5 Å². The van der Waals surface area contributed by atoms with Gasteiger partial charge in [0.15, 0.2) is 5.82 Å². The van der Waals surface area contributed by atoms with Crippen LogP contribution in [0.3, 0.4) is 0 Å². The van der Waals surface area contributed by atoms with Crippen LogP contribution in [0.1, 0.15) is 48.9 Å². The summed E-state index contributed by atoms with van der Waals surface area (Å²) < 4.78 is 19.5. The first-order valence-electron chi connectivity index (χ1n) is 13.3. The predicted octanol–water partition coefficient (Wildman–Crippen LogP) is 4.73. The Morgan fingerprint density at radius 1 is 1.08 bits per heavy atom. The fraction of sp³-hybridized carbons (Fsp3) is 0.393. The molecule has 1 saturated heterocycles. The lowest BCUT2D eigenvalue weighted by Gasteiger charge is -2.18. The highest BCUT2D eigenvalue weighted by Crippen LogP contribution is 2.40. The van der Waals surface area contributed by atoms with Crippen LogP contribution in [0.4, 0.5) is 22.0 Å². The largest absolute Gasteiger partial charge is 0.492 e. The molecule has 4 aromatic rings. The minimum Gasteiger partial charge on any atom is -0.492 e. The maximum atomic E-state index is 13.4. The van der Waals surface area contributed by atoms with E-state index in [4.69, 9.17) is 14.7 Å². The number of nitrogens with one attached hydrogen (secondary N) is 3. The molecule has 1 atom stereocenters. The van der Waals surface area contributed by atoms with Gasteiger partial charge in [0, 0.05) is 35.7 Å². The van der Waals surface area contributed by atoms with Crippen LogP contribution in [-0.4, -0.2) is 63.0 Å². The molecule has 1 saturated carbocycles. The summed E-state index contributed by atoms with van der Waals surface area (Å²) in [6, 6.07) is 13.3. The number of aliphatic hydroxyl groups excluding tert-OH is 1. The lowest BCUT2D eigenvalue weighted by atomic mass is 10.1. The van der Waals surface area contributed by atoms with Gasteiger partial charge in [-0.15, -0.1) is 0 Å². The van der Waals surface area contributed by atoms with Crippen LogP contribution < -0.4 is 15.4 Å². The van der Waals surface area contributed by atoms with Crippen LogP contribution in [-0.2, 0) is 0 Å². The molecule has 2 aromatic heterocycles. The van der Waals surface area contributed by atoms with E-state index in [0.717, 1.165) is 42.0 Å². The Kier molecular flexibility index (Phi) is 7.06. The van der Waals surface area contributed by atoms with Crippen molar-refractivity contribution in [1.82, 2.24) is 25.1 Å². The molecule has 2 aliphatic rings. The molecule has 198 valence electrons. The number of fused-ring (bicyclic) bond motifs is 1. The Morgan fingerprint density at radius 2 is 1.89 bits per heavy atom. The van der Waals surface area contributed by atoms with E-state index in [2.05, 4.69) is 25.7 Å². The van der Waals surface area contributed by atoms with Gasteiger partial charge >= 0.3 is 0 Å². The molecule has 2 fully saturated rings. The van der Waals surface area contributed by atoms with E-state index in [-0.39, 0.29) is 12.4 Å². The predicted molar refractivity (Wildman–Crippen MR) is 144 cm³/mol. The van der Waals surface area contributed by atoms with Crippen molar-refractivity contribution in [3.05, 3.63) is 65.6 Å². The molecule has 6 rings (SSSR count). The topological polar surface area (TPSA) is 111 Å². The number of ether oxygens (including phenoxy) is 1. The van der Waals surface area contributed by atoms with Gasteiger partial charge in [0.25, 0.3) is 0 Å². The van der Waals surface area contributed by atoms with Crippen molar-refractivity contribution >= 4 is 28.5 Å². The summed E-state index contributed by atoms with van der Waals surface area (Å²) in [6.45, 7) is 3.57. The average molecular weight is 518 g/mol. The minimum absolute atomic E-state index is 0.209. The van der Waals surface area contributed by atoms with Crippen LogP contribution in [0.15, 0.2) is 48.5 Å². The van der Waals surface area contributed by atoms with Gasteiger partial charge in [-0.1, -0.05) is 12.1 Å². The van der Waals surface area contributed by atoms with Crippen LogP contribution >= 0.6 is 0 Å². The fourth-order valence-corrected chi connectivity index (χ4v) is 4.87. The minimum atomic E-state index is -0.507. The van der Waals surface area contributed by atoms with E-state index >= 15 is 0 Å². The van der Waals surface area contributed by atoms with Gasteiger partial charge in [0.1, 0.15) is 24.0 Å². The molecule has 2 aromatic carbocycles. The average Bonchev–Trinajstić information content (AvgIpc) is 3.44. The number of hydrogen-bond donors (Lipinski definition) is 4. The number of aromatic nitrogens is 4. The number of aliphatic hydroxyl groups is 1. The van der Waals surface area contributed by atoms with E-state index in [0.29, 0.717) is 35.6 Å². The second kappa shape index (κ2) is 10.9. The van der Waals surface area contributed by atoms with E-state index in [1.165, 1.54) is 37.8 Å². The first kappa shape index (κ1) is 24.6. The lowest BCUT2D eigenvalue weighted by molar-refractivity contribution is 0.238. The number of likely N-dealkylation sites (tertiary alicyclic amines) is 1. The Balaban J connectivity index is 1.28. The SMILES string of the molecule is OC[C@H](Nc1nc(Nc2cc(C3CC3)[nH]n2)c2ccc(OCCN3CCCC3)cc2n1)c1ccc(F)cc1. The first-order chi connectivity index (χ1) is 18.6. The van der Waals surface area contributed by atoms with E-state index in [1.54, 1.807) is 12.1 Å². The third-order valence-electron chi connectivity index (χ3n) is 7.16. The summed E-state index contributed by atoms with van der Waals surface area (Å²) >= 11 is 0. The molecule has 0 spiro atoms. The molecule has 1 aliphatic carbocycles. The van der Waals surface area contributed by atoms with E-state index in [1.807, 2.05) is 24.3 Å². The number of rotatable bonds is 11. The Hall–Kier alpha value is -3.76. The highest BCUT2D eigenvalue weighted by Gasteiger charge is 2.26. The van der Waals surface area contributed by atoms with Crippen LogP contribution in [0.2, 0.25) is 0 Å². The zero-order valence-electron chi connectivity index (χ0n) is 21.2. The highest BCUT2D eigenvalue weighted by atomic mass is 19.1. The second-order valence-electron chi connectivity index (χ2n) is 10.0. The molecule has 38 heavy (non-hydrogen) atoms. The zero-order valence-corrected chi connectivity index (χ0v) is 21.2. The van der Waals surface area contributed by atoms with E-state index < -0.39 is 6.04 Å². The van der Waals surface area contributed by atoms with Crippen LogP contribution in [0, 0.1) is 5.82 Å². The third kappa shape index (κ3) is 5.71. The Labute approximate surface area is 220 Å². The summed E-state index contributed by atoms with van der Waals surface area (Å²) in [4.78, 5) is 11.9. The van der Waals surface area contributed by atoms with Gasteiger partial charge in [0.2, 0.25) is 5.95 Å². The van der Waals surface area contributed by atoms with Crippen molar-refractivity contribution in [2.24, 2.45) is 0 Å². The Bertz CT molecular complexity index is 1380. The second-order valence-corrected chi connectivity index (χ2v) is 10.0. The normalized spacial score (nSPS) is 16.6. The van der Waals surface area contributed by atoms with Crippen LogP contribution in [0.5, 0.6) is 5.75 Å². The third-order valence-corrected chi connectivity index (χ3v) is 7.16. The van der Waals surface area contributed by atoms with Crippen molar-refractivity contribution in [3.8, 4) is 5.75 Å². The molecular weight excluding hydrogens is 485 g/mol. The summed E-state index contributed by atoms with van der Waals surface area (Å²) in [5, 5.41) is 24.9. The molecule has 0 radical (unpaired) electrons. The number of halogens is 1. The standard InChI is InChI=1S/C28H32FN7O2/c29-20-7-5-19(6-8-20)25(17-37)31-28-30-24-15-21(38-14-13-36-11-1-2-12-36)9-10-22(24)27(33-28)32-26-16-23(34-35-26)18-3-4-18/h5-10,15-16,18,25,37H,1-4,11-14,17H2,(H3,30,31,32,33,34,35)/t25-/m0/s1. The quantitative estimate of drug-likeness (QED) is 0.226. The molecular formula is C28H32FN7O2. The summed E-state index contributed by atoms with van der Waals surface area (Å²) in [5.74, 6) is 2.56. The molecule has 4 N–H and O–H groups in total. The lowest BCUT2D eigenvalue weighted by Crippen LogP contribution is -2.25. The van der Waals surface area contributed by atoms with Crippen molar-refractivity contribution in [3.63, 3.8) is 0 Å². The number of benzene rings is 2. The summed E-state index contributed by atoms with van der Waals surface area (Å²) in [5.41, 5.74) is 2.54. The van der Waals surface area contributed by atoms with Crippen molar-refractivity contribution < 1.29 is 14.2 Å². The van der Waals surface area contributed by atoms with E-state index in [9.17, 15) is 9.50 Å². The van der Waals surface area contributed by atoms with Gasteiger partial charge in [-0.25, -0.2) is 9.37 Å². The maximum Gasteiger partial charge on any atom is 0.225 e. The number of nitrogens with zero attached hydrogens (tertiary/aromatic N) is 4. The van der Waals surface area contributed by atoms with Crippen molar-refractivity contribution in [2.75, 3.05) is 43.5 Å².